The number of hydrogen-bond acceptors (Lipinski definition) is 4. The molecule has 0 radical (unpaired) electrons. The van der Waals surface area contributed by atoms with Crippen molar-refractivity contribution in [2.45, 2.75) is 20.5 Å². The van der Waals surface area contributed by atoms with Crippen molar-refractivity contribution in [3.05, 3.63) is 53.1 Å². The van der Waals surface area contributed by atoms with Crippen LogP contribution in [0.4, 0.5) is 5.69 Å². The van der Waals surface area contributed by atoms with Gasteiger partial charge in [0.1, 0.15) is 18.1 Å². The summed E-state index contributed by atoms with van der Waals surface area (Å²) in [4.78, 5) is 0. The molecule has 0 aliphatic heterocycles. The zero-order valence-corrected chi connectivity index (χ0v) is 12.1. The van der Waals surface area contributed by atoms with E-state index in [9.17, 15) is 5.11 Å². The quantitative estimate of drug-likeness (QED) is 0.663. The minimum Gasteiger partial charge on any atom is -0.508 e. The van der Waals surface area contributed by atoms with Gasteiger partial charge in [-0.15, -0.1) is 0 Å². The zero-order valence-electron chi connectivity index (χ0n) is 12.1. The number of phenols is 1. The summed E-state index contributed by atoms with van der Waals surface area (Å²) < 4.78 is 5.86. The van der Waals surface area contributed by atoms with E-state index in [0.717, 1.165) is 28.1 Å². The second-order valence-corrected chi connectivity index (χ2v) is 4.93. The van der Waals surface area contributed by atoms with Gasteiger partial charge in [0.15, 0.2) is 0 Å². The first-order chi connectivity index (χ1) is 9.49. The molecule has 0 saturated carbocycles. The summed E-state index contributed by atoms with van der Waals surface area (Å²) in [6, 6.07) is 11.4. The predicted molar refractivity (Wildman–Crippen MR) is 80.9 cm³/mol. The van der Waals surface area contributed by atoms with Gasteiger partial charge in [-0.2, -0.15) is 0 Å². The monoisotopic (exact) mass is 272 g/mol. The Hall–Kier alpha value is -2.20. The van der Waals surface area contributed by atoms with Crippen LogP contribution in [0.25, 0.3) is 0 Å². The maximum absolute atomic E-state index is 9.65. The molecule has 0 aliphatic carbocycles. The van der Waals surface area contributed by atoms with Crippen LogP contribution in [-0.4, -0.2) is 12.2 Å². The molecule has 0 saturated heterocycles. The number of anilines is 1. The van der Waals surface area contributed by atoms with Gasteiger partial charge >= 0.3 is 0 Å². The lowest BCUT2D eigenvalue weighted by molar-refractivity contribution is 0.303. The Balaban J connectivity index is 2.19. The van der Waals surface area contributed by atoms with Crippen LogP contribution in [0, 0.1) is 13.8 Å². The number of nitrogens with two attached hydrogens (primary N) is 1. The van der Waals surface area contributed by atoms with Crippen molar-refractivity contribution < 1.29 is 9.84 Å². The Labute approximate surface area is 119 Å². The van der Waals surface area contributed by atoms with E-state index in [0.29, 0.717) is 6.61 Å². The summed E-state index contributed by atoms with van der Waals surface area (Å²) in [7, 11) is 1.80. The van der Waals surface area contributed by atoms with E-state index in [1.54, 1.807) is 18.1 Å². The topological polar surface area (TPSA) is 58.7 Å². The molecular formula is C16H20N2O2. The lowest BCUT2D eigenvalue weighted by atomic mass is 10.1. The molecule has 3 N–H and O–H groups in total. The number of hydrazine groups is 1. The summed E-state index contributed by atoms with van der Waals surface area (Å²) in [5, 5.41) is 11.2. The number of ether oxygens (including phenoxy) is 1. The van der Waals surface area contributed by atoms with Crippen LogP contribution in [0.15, 0.2) is 36.4 Å². The van der Waals surface area contributed by atoms with Crippen LogP contribution in [0.3, 0.4) is 0 Å². The molecule has 0 bridgehead atoms. The van der Waals surface area contributed by atoms with Crippen LogP contribution >= 0.6 is 0 Å². The fraction of sp³-hybridized carbons (Fsp3) is 0.250. The number of rotatable bonds is 4. The Kier molecular flexibility index (Phi) is 4.15. The van der Waals surface area contributed by atoms with Gasteiger partial charge in [-0.25, -0.2) is 5.84 Å². The van der Waals surface area contributed by atoms with Gasteiger partial charge in [-0.3, -0.25) is 0 Å². The molecule has 0 aliphatic rings. The SMILES string of the molecule is Cc1cc(OCc2ccccc2N(C)N)c(C)cc1O. The smallest absolute Gasteiger partial charge is 0.123 e. The van der Waals surface area contributed by atoms with Gasteiger partial charge < -0.3 is 14.9 Å². The predicted octanol–water partition coefficient (Wildman–Crippen LogP) is 2.90. The van der Waals surface area contributed by atoms with E-state index >= 15 is 0 Å². The summed E-state index contributed by atoms with van der Waals surface area (Å²) >= 11 is 0. The second kappa shape index (κ2) is 5.84. The van der Waals surface area contributed by atoms with Gasteiger partial charge in [-0.05, 0) is 43.2 Å². The lowest BCUT2D eigenvalue weighted by Gasteiger charge is -2.18. The highest BCUT2D eigenvalue weighted by Crippen LogP contribution is 2.28. The highest BCUT2D eigenvalue weighted by molar-refractivity contribution is 5.52. The number of nitrogens with zero attached hydrogens (tertiary/aromatic N) is 1. The van der Waals surface area contributed by atoms with Crippen molar-refractivity contribution in [2.75, 3.05) is 12.1 Å². The maximum atomic E-state index is 9.65. The number of aryl methyl sites for hydroxylation is 2. The molecule has 0 amide bonds. The molecule has 0 aromatic heterocycles. The molecule has 106 valence electrons. The van der Waals surface area contributed by atoms with Crippen LogP contribution in [0.5, 0.6) is 11.5 Å². The average Bonchev–Trinajstić information content (AvgIpc) is 2.41. The molecule has 2 rings (SSSR count). The van der Waals surface area contributed by atoms with Crippen LogP contribution in [0.2, 0.25) is 0 Å². The Morgan fingerprint density at radius 1 is 1.15 bits per heavy atom. The van der Waals surface area contributed by atoms with Crippen molar-refractivity contribution in [3.63, 3.8) is 0 Å². The minimum absolute atomic E-state index is 0.289. The molecule has 2 aromatic rings. The lowest BCUT2D eigenvalue weighted by Crippen LogP contribution is -2.26. The van der Waals surface area contributed by atoms with Crippen molar-refractivity contribution in [2.24, 2.45) is 5.84 Å². The second-order valence-electron chi connectivity index (χ2n) is 4.93. The molecular weight excluding hydrogens is 252 g/mol. The highest BCUT2D eigenvalue weighted by atomic mass is 16.5. The third-order valence-corrected chi connectivity index (χ3v) is 3.25. The van der Waals surface area contributed by atoms with Gasteiger partial charge in [0.2, 0.25) is 0 Å². The first kappa shape index (κ1) is 14.2. The zero-order chi connectivity index (χ0) is 14.7. The number of para-hydroxylation sites is 1. The third-order valence-electron chi connectivity index (χ3n) is 3.25. The summed E-state index contributed by atoms with van der Waals surface area (Å²) in [6.07, 6.45) is 0. The van der Waals surface area contributed by atoms with Gasteiger partial charge in [0, 0.05) is 12.6 Å². The third kappa shape index (κ3) is 3.03. The van der Waals surface area contributed by atoms with Crippen molar-refractivity contribution >= 4 is 5.69 Å². The molecule has 0 unspecified atom stereocenters. The van der Waals surface area contributed by atoms with Crippen LogP contribution < -0.4 is 15.6 Å². The molecule has 20 heavy (non-hydrogen) atoms. The summed E-state index contributed by atoms with van der Waals surface area (Å²) in [5.41, 5.74) is 3.66. The Morgan fingerprint density at radius 2 is 1.85 bits per heavy atom. The van der Waals surface area contributed by atoms with Gasteiger partial charge in [-0.1, -0.05) is 18.2 Å². The standard InChI is InChI=1S/C16H20N2O2/c1-11-9-16(12(2)8-15(11)19)20-10-13-6-4-5-7-14(13)18(3)17/h4-9,19H,10,17H2,1-3H3. The van der Waals surface area contributed by atoms with E-state index < -0.39 is 0 Å². The van der Waals surface area contributed by atoms with Crippen molar-refractivity contribution in [3.8, 4) is 11.5 Å². The molecule has 0 fully saturated rings. The summed E-state index contributed by atoms with van der Waals surface area (Å²) in [5.74, 6) is 6.86. The number of aromatic hydroxyl groups is 1. The van der Waals surface area contributed by atoms with E-state index in [2.05, 4.69) is 0 Å². The average molecular weight is 272 g/mol. The molecule has 4 nitrogen and oxygen atoms in total. The molecule has 4 heteroatoms. The fourth-order valence-electron chi connectivity index (χ4n) is 2.06. The largest absolute Gasteiger partial charge is 0.508 e. The molecule has 0 atom stereocenters. The summed E-state index contributed by atoms with van der Waals surface area (Å²) in [6.45, 7) is 4.20. The van der Waals surface area contributed by atoms with E-state index in [4.69, 9.17) is 10.6 Å². The number of phenolic OH excluding ortho intramolecular Hbond substituents is 1. The van der Waals surface area contributed by atoms with Crippen LogP contribution in [-0.2, 0) is 6.61 Å². The van der Waals surface area contributed by atoms with Gasteiger partial charge in [0.25, 0.3) is 0 Å². The number of hydrogen-bond donors (Lipinski definition) is 2. The van der Waals surface area contributed by atoms with Gasteiger partial charge in [0.05, 0.1) is 5.69 Å². The Morgan fingerprint density at radius 3 is 2.55 bits per heavy atom. The van der Waals surface area contributed by atoms with E-state index in [1.165, 1.54) is 0 Å². The normalized spacial score (nSPS) is 10.4. The first-order valence-corrected chi connectivity index (χ1v) is 6.48. The maximum Gasteiger partial charge on any atom is 0.123 e. The molecule has 2 aromatic carbocycles. The Bertz CT molecular complexity index is 609. The van der Waals surface area contributed by atoms with E-state index in [-0.39, 0.29) is 5.75 Å². The van der Waals surface area contributed by atoms with Crippen molar-refractivity contribution in [1.29, 1.82) is 0 Å². The highest BCUT2D eigenvalue weighted by Gasteiger charge is 2.08. The molecule has 0 spiro atoms. The first-order valence-electron chi connectivity index (χ1n) is 6.48. The van der Waals surface area contributed by atoms with Crippen LogP contribution in [0.1, 0.15) is 16.7 Å². The van der Waals surface area contributed by atoms with E-state index in [1.807, 2.05) is 44.2 Å². The molecule has 0 heterocycles. The minimum atomic E-state index is 0.289. The van der Waals surface area contributed by atoms with Crippen molar-refractivity contribution in [1.82, 2.24) is 0 Å². The number of benzene rings is 2. The fourth-order valence-corrected chi connectivity index (χ4v) is 2.06.